The molecule has 0 saturated carbocycles. The lowest BCUT2D eigenvalue weighted by molar-refractivity contribution is -0.152. The van der Waals surface area contributed by atoms with E-state index < -0.39 is 5.97 Å². The number of hydrogen-bond donors (Lipinski definition) is 1. The smallest absolute Gasteiger partial charge is 0.303 e. The van der Waals surface area contributed by atoms with Crippen LogP contribution in [0.1, 0.15) is 30.0 Å². The van der Waals surface area contributed by atoms with Crippen LogP contribution in [0.2, 0.25) is 0 Å². The number of likely N-dealkylation sites (tertiary alicyclic amines) is 1. The van der Waals surface area contributed by atoms with Crippen molar-refractivity contribution in [2.24, 2.45) is 5.92 Å². The second-order valence-electron chi connectivity index (χ2n) is 8.37. The molecule has 0 aromatic heterocycles. The Morgan fingerprint density at radius 1 is 1.09 bits per heavy atom. The molecule has 4 atom stereocenters. The van der Waals surface area contributed by atoms with Crippen LogP contribution < -0.4 is 4.90 Å². The third-order valence-corrected chi connectivity index (χ3v) is 6.59. The number of hydrogen-bond acceptors (Lipinski definition) is 6. The van der Waals surface area contributed by atoms with Gasteiger partial charge in [-0.3, -0.25) is 9.59 Å². The zero-order chi connectivity index (χ0) is 22.7. The summed E-state index contributed by atoms with van der Waals surface area (Å²) in [5, 5.41) is 10.5. The van der Waals surface area contributed by atoms with Crippen molar-refractivity contribution in [2.45, 2.75) is 24.9 Å². The van der Waals surface area contributed by atoms with Gasteiger partial charge in [0.2, 0.25) is 0 Å². The highest BCUT2D eigenvalue weighted by Crippen LogP contribution is 2.53. The van der Waals surface area contributed by atoms with Gasteiger partial charge in [-0.15, -0.1) is 0 Å². The predicted octanol–water partition coefficient (Wildman–Crippen LogP) is 2.36. The van der Waals surface area contributed by atoms with Crippen LogP contribution in [-0.4, -0.2) is 67.9 Å². The van der Waals surface area contributed by atoms with E-state index in [1.54, 1.807) is 7.11 Å². The maximum absolute atomic E-state index is 13.4. The Morgan fingerprint density at radius 3 is 2.50 bits per heavy atom. The van der Waals surface area contributed by atoms with Gasteiger partial charge in [-0.05, 0) is 17.2 Å². The van der Waals surface area contributed by atoms with Crippen LogP contribution in [0.15, 0.2) is 54.6 Å². The van der Waals surface area contributed by atoms with Gasteiger partial charge in [0.25, 0.3) is 5.91 Å². The summed E-state index contributed by atoms with van der Waals surface area (Å²) in [6.45, 7) is 2.83. The number of benzene rings is 2. The van der Waals surface area contributed by atoms with Crippen molar-refractivity contribution in [1.82, 2.24) is 4.90 Å². The minimum absolute atomic E-state index is 0.0264. The first-order valence-corrected chi connectivity index (χ1v) is 11.0. The van der Waals surface area contributed by atoms with Crippen LogP contribution in [0.3, 0.4) is 0 Å². The Labute approximate surface area is 188 Å². The van der Waals surface area contributed by atoms with E-state index in [0.29, 0.717) is 19.7 Å². The van der Waals surface area contributed by atoms with Crippen LogP contribution in [-0.2, 0) is 19.1 Å². The number of rotatable bonds is 7. The van der Waals surface area contributed by atoms with Crippen LogP contribution in [0.25, 0.3) is 0 Å². The van der Waals surface area contributed by atoms with Crippen LogP contribution in [0.5, 0.6) is 0 Å². The Kier molecular flexibility index (Phi) is 6.77. The molecule has 2 heterocycles. The van der Waals surface area contributed by atoms with Crippen LogP contribution in [0, 0.1) is 5.92 Å². The largest absolute Gasteiger partial charge is 0.456 e. The van der Waals surface area contributed by atoms with E-state index in [1.807, 2.05) is 47.4 Å². The Balaban J connectivity index is 1.79. The molecule has 2 aromatic carbocycles. The van der Waals surface area contributed by atoms with E-state index in [0.717, 1.165) is 16.8 Å². The average molecular weight is 439 g/mol. The van der Waals surface area contributed by atoms with Crippen molar-refractivity contribution in [1.29, 1.82) is 0 Å². The molecule has 0 bridgehead atoms. The van der Waals surface area contributed by atoms with Crippen molar-refractivity contribution in [3.05, 3.63) is 65.7 Å². The van der Waals surface area contributed by atoms with Crippen LogP contribution in [0.4, 0.5) is 5.69 Å². The molecule has 32 heavy (non-hydrogen) atoms. The first kappa shape index (κ1) is 22.3. The topological polar surface area (TPSA) is 79.3 Å². The Morgan fingerprint density at radius 2 is 1.81 bits per heavy atom. The quantitative estimate of drug-likeness (QED) is 0.669. The van der Waals surface area contributed by atoms with Crippen molar-refractivity contribution in [3.8, 4) is 0 Å². The summed E-state index contributed by atoms with van der Waals surface area (Å²) in [5.41, 5.74) is 3.21. The first-order valence-electron chi connectivity index (χ1n) is 11.0. The second kappa shape index (κ2) is 9.71. The molecule has 1 saturated heterocycles. The van der Waals surface area contributed by atoms with Gasteiger partial charge in [0.05, 0.1) is 18.7 Å². The summed E-state index contributed by atoms with van der Waals surface area (Å²) in [6.07, 6.45) is 0. The fourth-order valence-electron chi connectivity index (χ4n) is 5.35. The SMILES string of the molecule is COCCN1C[C@@H]2[C@H](c3ccccc31)[C@@H](CO)[C@@H](c1ccccc1)N2C(=O)COC(C)=O. The van der Waals surface area contributed by atoms with Gasteiger partial charge in [0.1, 0.15) is 0 Å². The number of para-hydroxylation sites is 1. The van der Waals surface area contributed by atoms with Crippen molar-refractivity contribution < 1.29 is 24.2 Å². The number of ether oxygens (including phenoxy) is 2. The molecule has 0 unspecified atom stereocenters. The lowest BCUT2D eigenvalue weighted by Crippen LogP contribution is -2.50. The molecule has 0 radical (unpaired) electrons. The average Bonchev–Trinajstić information content (AvgIpc) is 3.16. The standard InChI is InChI=1S/C25H30N2O5/c1-17(29)32-16-23(30)27-22-14-26(12-13-31-2)21-11-7-6-10-19(21)24(22)20(15-28)25(27)18-8-4-3-5-9-18/h3-11,20,22,24-25,28H,12-16H2,1-2H3/t20-,22-,24-,25-/m1/s1. The summed E-state index contributed by atoms with van der Waals surface area (Å²) in [4.78, 5) is 28.9. The first-order chi connectivity index (χ1) is 15.6. The highest BCUT2D eigenvalue weighted by molar-refractivity contribution is 5.82. The van der Waals surface area contributed by atoms with Gasteiger partial charge in [-0.2, -0.15) is 0 Å². The number of nitrogens with zero attached hydrogens (tertiary/aromatic N) is 2. The van der Waals surface area contributed by atoms with Crippen molar-refractivity contribution in [3.63, 3.8) is 0 Å². The predicted molar refractivity (Wildman–Crippen MR) is 120 cm³/mol. The summed E-state index contributed by atoms with van der Waals surface area (Å²) in [7, 11) is 1.68. The number of aliphatic hydroxyl groups is 1. The molecule has 0 aliphatic carbocycles. The molecule has 170 valence electrons. The molecule has 2 aliphatic heterocycles. The second-order valence-corrected chi connectivity index (χ2v) is 8.37. The third kappa shape index (κ3) is 4.10. The molecular formula is C25H30N2O5. The van der Waals surface area contributed by atoms with E-state index in [4.69, 9.17) is 9.47 Å². The number of aliphatic hydroxyl groups excluding tert-OH is 1. The molecule has 2 aromatic rings. The maximum atomic E-state index is 13.4. The van der Waals surface area contributed by atoms with Gasteiger partial charge in [-0.1, -0.05) is 48.5 Å². The van der Waals surface area contributed by atoms with Crippen molar-refractivity contribution in [2.75, 3.05) is 44.9 Å². The molecule has 7 nitrogen and oxygen atoms in total. The number of carbonyl (C=O) groups is 2. The van der Waals surface area contributed by atoms with E-state index in [-0.39, 0.29) is 43.0 Å². The summed E-state index contributed by atoms with van der Waals surface area (Å²) in [6, 6.07) is 17.5. The molecule has 0 spiro atoms. The fourth-order valence-corrected chi connectivity index (χ4v) is 5.35. The molecule has 1 N–H and O–H groups in total. The number of amides is 1. The Bertz CT molecular complexity index is 950. The third-order valence-electron chi connectivity index (χ3n) is 6.59. The molecule has 1 amide bonds. The van der Waals surface area contributed by atoms with Gasteiger partial charge >= 0.3 is 5.97 Å². The molecule has 1 fully saturated rings. The number of methoxy groups -OCH3 is 1. The van der Waals surface area contributed by atoms with Crippen LogP contribution >= 0.6 is 0 Å². The normalized spacial score (nSPS) is 24.1. The molecule has 4 rings (SSSR count). The monoisotopic (exact) mass is 438 g/mol. The maximum Gasteiger partial charge on any atom is 0.303 e. The van der Waals surface area contributed by atoms with E-state index in [2.05, 4.69) is 17.0 Å². The van der Waals surface area contributed by atoms with E-state index >= 15 is 0 Å². The van der Waals surface area contributed by atoms with Gasteiger partial charge in [0.15, 0.2) is 6.61 Å². The van der Waals surface area contributed by atoms with Crippen molar-refractivity contribution >= 4 is 17.6 Å². The minimum atomic E-state index is -0.486. The minimum Gasteiger partial charge on any atom is -0.456 e. The molecule has 2 aliphatic rings. The number of esters is 1. The number of fused-ring (bicyclic) bond motifs is 3. The summed E-state index contributed by atoms with van der Waals surface area (Å²) >= 11 is 0. The number of carbonyl (C=O) groups excluding carboxylic acids is 2. The van der Waals surface area contributed by atoms with Gasteiger partial charge in [0, 0.05) is 51.3 Å². The summed E-state index contributed by atoms with van der Waals surface area (Å²) in [5.74, 6) is -0.929. The highest BCUT2D eigenvalue weighted by atomic mass is 16.5. The molecular weight excluding hydrogens is 408 g/mol. The molecule has 7 heteroatoms. The lowest BCUT2D eigenvalue weighted by Gasteiger charge is -2.41. The zero-order valence-electron chi connectivity index (χ0n) is 18.5. The van der Waals surface area contributed by atoms with E-state index in [1.165, 1.54) is 6.92 Å². The van der Waals surface area contributed by atoms with Gasteiger partial charge in [-0.25, -0.2) is 0 Å². The lowest BCUT2D eigenvalue weighted by atomic mass is 9.78. The van der Waals surface area contributed by atoms with E-state index in [9.17, 15) is 14.7 Å². The summed E-state index contributed by atoms with van der Waals surface area (Å²) < 4.78 is 10.4. The number of anilines is 1. The van der Waals surface area contributed by atoms with Gasteiger partial charge < -0.3 is 24.4 Å². The Hall–Kier alpha value is -2.90. The highest BCUT2D eigenvalue weighted by Gasteiger charge is 2.54. The zero-order valence-corrected chi connectivity index (χ0v) is 18.5. The fraction of sp³-hybridized carbons (Fsp3) is 0.440.